The third-order valence-corrected chi connectivity index (χ3v) is 3.66. The van der Waals surface area contributed by atoms with E-state index in [0.717, 1.165) is 5.41 Å². The van der Waals surface area contributed by atoms with Gasteiger partial charge in [0.05, 0.1) is 0 Å². The maximum absolute atomic E-state index is 3.62. The molecule has 0 aromatic carbocycles. The Morgan fingerprint density at radius 3 is 2.29 bits per heavy atom. The largest absolute Gasteiger partial charge is 0.316 e. The van der Waals surface area contributed by atoms with Gasteiger partial charge in [-0.05, 0) is 37.6 Å². The fourth-order valence-corrected chi connectivity index (χ4v) is 2.04. The Morgan fingerprint density at radius 2 is 1.71 bits per heavy atom. The number of unbranched alkanes of at least 4 members (excludes halogenated alkanes) is 4. The lowest BCUT2D eigenvalue weighted by molar-refractivity contribution is 0.437. The summed E-state index contributed by atoms with van der Waals surface area (Å²) in [4.78, 5) is 0. The smallest absolute Gasteiger partial charge is 0.000771 e. The van der Waals surface area contributed by atoms with E-state index in [1.54, 1.807) is 0 Å². The molecule has 0 radical (unpaired) electrons. The molecule has 1 nitrogen and oxygen atoms in total. The van der Waals surface area contributed by atoms with Crippen LogP contribution >= 0.6 is 0 Å². The Bertz CT molecular complexity index is 138. The van der Waals surface area contributed by atoms with Gasteiger partial charge in [-0.1, -0.05) is 39.5 Å². The number of hydrogen-bond donors (Lipinski definition) is 1. The van der Waals surface area contributed by atoms with Gasteiger partial charge < -0.3 is 5.32 Å². The molecule has 0 amide bonds. The lowest BCUT2D eigenvalue weighted by Crippen LogP contribution is -2.24. The van der Waals surface area contributed by atoms with Gasteiger partial charge in [0, 0.05) is 6.54 Å². The highest BCUT2D eigenvalue weighted by Crippen LogP contribution is 2.47. The first-order valence-electron chi connectivity index (χ1n) is 6.54. The summed E-state index contributed by atoms with van der Waals surface area (Å²) < 4.78 is 0. The fourth-order valence-electron chi connectivity index (χ4n) is 2.04. The third-order valence-electron chi connectivity index (χ3n) is 3.66. The van der Waals surface area contributed by atoms with Crippen molar-refractivity contribution in [2.75, 3.05) is 13.1 Å². The second-order valence-electron chi connectivity index (χ2n) is 4.94. The average molecular weight is 197 g/mol. The van der Waals surface area contributed by atoms with Crippen LogP contribution in [0.4, 0.5) is 0 Å². The monoisotopic (exact) mass is 197 g/mol. The Kier molecular flexibility index (Phi) is 5.54. The van der Waals surface area contributed by atoms with Crippen LogP contribution in [-0.4, -0.2) is 13.1 Å². The molecule has 1 heteroatoms. The molecule has 0 aromatic heterocycles. The van der Waals surface area contributed by atoms with Gasteiger partial charge in [0.1, 0.15) is 0 Å². The fraction of sp³-hybridized carbons (Fsp3) is 1.00. The lowest BCUT2D eigenvalue weighted by Gasteiger charge is -2.12. The first-order chi connectivity index (χ1) is 6.83. The molecule has 0 spiro atoms. The normalized spacial score (nSPS) is 18.4. The van der Waals surface area contributed by atoms with Crippen molar-refractivity contribution in [3.8, 4) is 0 Å². The summed E-state index contributed by atoms with van der Waals surface area (Å²) in [5.41, 5.74) is 0.726. The highest BCUT2D eigenvalue weighted by molar-refractivity contribution is 4.93. The van der Waals surface area contributed by atoms with Crippen molar-refractivity contribution in [2.45, 2.75) is 65.2 Å². The molecule has 0 aromatic rings. The molecule has 1 N–H and O–H groups in total. The van der Waals surface area contributed by atoms with Crippen molar-refractivity contribution in [3.63, 3.8) is 0 Å². The molecular formula is C13H27N. The van der Waals surface area contributed by atoms with E-state index in [-0.39, 0.29) is 0 Å². The second-order valence-corrected chi connectivity index (χ2v) is 4.94. The van der Waals surface area contributed by atoms with E-state index in [0.29, 0.717) is 0 Å². The van der Waals surface area contributed by atoms with Crippen molar-refractivity contribution in [1.82, 2.24) is 5.32 Å². The van der Waals surface area contributed by atoms with E-state index in [9.17, 15) is 0 Å². The molecule has 0 saturated heterocycles. The van der Waals surface area contributed by atoms with Crippen LogP contribution in [0.2, 0.25) is 0 Å². The zero-order valence-corrected chi connectivity index (χ0v) is 10.1. The molecule has 1 aliphatic carbocycles. The van der Waals surface area contributed by atoms with Gasteiger partial charge in [0.2, 0.25) is 0 Å². The molecule has 14 heavy (non-hydrogen) atoms. The van der Waals surface area contributed by atoms with E-state index in [4.69, 9.17) is 0 Å². The van der Waals surface area contributed by atoms with Crippen molar-refractivity contribution in [1.29, 1.82) is 0 Å². The summed E-state index contributed by atoms with van der Waals surface area (Å²) in [5.74, 6) is 0. The number of hydrogen-bond acceptors (Lipinski definition) is 1. The van der Waals surface area contributed by atoms with Crippen LogP contribution in [0.15, 0.2) is 0 Å². The van der Waals surface area contributed by atoms with E-state index in [1.165, 1.54) is 64.5 Å². The van der Waals surface area contributed by atoms with Gasteiger partial charge in [-0.2, -0.15) is 0 Å². The first-order valence-corrected chi connectivity index (χ1v) is 6.54. The average Bonchev–Trinajstić information content (AvgIpc) is 2.98. The summed E-state index contributed by atoms with van der Waals surface area (Å²) >= 11 is 0. The van der Waals surface area contributed by atoms with Crippen molar-refractivity contribution >= 4 is 0 Å². The topological polar surface area (TPSA) is 12.0 Å². The maximum Gasteiger partial charge on any atom is 0.000771 e. The second kappa shape index (κ2) is 6.44. The van der Waals surface area contributed by atoms with Gasteiger partial charge in [-0.25, -0.2) is 0 Å². The zero-order chi connectivity index (χ0) is 10.3. The molecule has 84 valence electrons. The molecule has 1 fully saturated rings. The van der Waals surface area contributed by atoms with Crippen molar-refractivity contribution < 1.29 is 0 Å². The van der Waals surface area contributed by atoms with Gasteiger partial charge >= 0.3 is 0 Å². The van der Waals surface area contributed by atoms with E-state index in [1.807, 2.05) is 0 Å². The maximum atomic E-state index is 3.62. The summed E-state index contributed by atoms with van der Waals surface area (Å²) in [6, 6.07) is 0. The van der Waals surface area contributed by atoms with Gasteiger partial charge in [0.25, 0.3) is 0 Å². The van der Waals surface area contributed by atoms with Crippen molar-refractivity contribution in [2.24, 2.45) is 5.41 Å². The molecule has 1 saturated carbocycles. The van der Waals surface area contributed by atoms with Gasteiger partial charge in [-0.15, -0.1) is 0 Å². The minimum Gasteiger partial charge on any atom is -0.316 e. The number of nitrogens with one attached hydrogen (secondary N) is 1. The molecule has 1 rings (SSSR count). The molecule has 0 aliphatic heterocycles. The predicted octanol–water partition coefficient (Wildman–Crippen LogP) is 3.74. The lowest BCUT2D eigenvalue weighted by atomic mass is 10.0. The Balaban J connectivity index is 1.80. The van der Waals surface area contributed by atoms with E-state index < -0.39 is 0 Å². The SMILES string of the molecule is CCCCCCCNCC1(CC)CC1. The van der Waals surface area contributed by atoms with Crippen LogP contribution < -0.4 is 5.32 Å². The summed E-state index contributed by atoms with van der Waals surface area (Å²) in [6.45, 7) is 7.12. The quantitative estimate of drug-likeness (QED) is 0.555. The predicted molar refractivity (Wildman–Crippen MR) is 63.6 cm³/mol. The minimum absolute atomic E-state index is 0.726. The Morgan fingerprint density at radius 1 is 1.00 bits per heavy atom. The van der Waals surface area contributed by atoms with Gasteiger partial charge in [-0.3, -0.25) is 0 Å². The highest BCUT2D eigenvalue weighted by Gasteiger charge is 2.39. The minimum atomic E-state index is 0.726. The van der Waals surface area contributed by atoms with E-state index in [2.05, 4.69) is 19.2 Å². The summed E-state index contributed by atoms with van der Waals surface area (Å²) in [7, 11) is 0. The molecule has 1 aliphatic rings. The van der Waals surface area contributed by atoms with Gasteiger partial charge in [0.15, 0.2) is 0 Å². The standard InChI is InChI=1S/C13H27N/c1-3-5-6-7-8-11-14-12-13(4-2)9-10-13/h14H,3-12H2,1-2H3. The van der Waals surface area contributed by atoms with Crippen LogP contribution in [0.3, 0.4) is 0 Å². The summed E-state index contributed by atoms with van der Waals surface area (Å²) in [5, 5.41) is 3.62. The molecule has 0 heterocycles. The zero-order valence-electron chi connectivity index (χ0n) is 10.1. The molecule has 0 atom stereocenters. The third kappa shape index (κ3) is 4.45. The highest BCUT2D eigenvalue weighted by atomic mass is 14.9. The Hall–Kier alpha value is -0.0400. The molecule has 0 bridgehead atoms. The first kappa shape index (κ1) is 12.0. The molecular weight excluding hydrogens is 170 g/mol. The van der Waals surface area contributed by atoms with Crippen LogP contribution in [0.5, 0.6) is 0 Å². The Labute approximate surface area is 89.7 Å². The van der Waals surface area contributed by atoms with E-state index >= 15 is 0 Å². The van der Waals surface area contributed by atoms with Crippen LogP contribution in [0.1, 0.15) is 65.2 Å². The van der Waals surface area contributed by atoms with Crippen molar-refractivity contribution in [3.05, 3.63) is 0 Å². The van der Waals surface area contributed by atoms with Crippen LogP contribution in [0.25, 0.3) is 0 Å². The molecule has 0 unspecified atom stereocenters. The number of rotatable bonds is 9. The summed E-state index contributed by atoms with van der Waals surface area (Å²) in [6.07, 6.45) is 11.3. The van der Waals surface area contributed by atoms with Crippen LogP contribution in [0, 0.1) is 5.41 Å². The van der Waals surface area contributed by atoms with Crippen LogP contribution in [-0.2, 0) is 0 Å².